The Morgan fingerprint density at radius 1 is 0.291 bits per heavy atom. The molecule has 3 heteroatoms. The topological polar surface area (TPSA) is 9.86 Å². The monoisotopic (exact) mass is 714 g/mol. The van der Waals surface area contributed by atoms with Gasteiger partial charge < -0.3 is 9.13 Å². The molecule has 0 fully saturated rings. The van der Waals surface area contributed by atoms with Crippen molar-refractivity contribution in [3.8, 4) is 44.8 Å². The van der Waals surface area contributed by atoms with E-state index in [-0.39, 0.29) is 0 Å². The number of hydrogen-bond acceptors (Lipinski definition) is 1. The third-order valence-corrected chi connectivity index (χ3v) is 13.2. The molecule has 55 heavy (non-hydrogen) atoms. The summed E-state index contributed by atoms with van der Waals surface area (Å²) in [7, 11) is 0. The molecule has 0 N–H and O–H groups in total. The molecule has 0 unspecified atom stereocenters. The first-order valence-electron chi connectivity index (χ1n) is 18.9. The second-order valence-corrected chi connectivity index (χ2v) is 15.9. The van der Waals surface area contributed by atoms with Crippen molar-refractivity contribution >= 4 is 85.9 Å². The molecule has 0 saturated heterocycles. The van der Waals surface area contributed by atoms with Gasteiger partial charge in [0.1, 0.15) is 0 Å². The summed E-state index contributed by atoms with van der Waals surface area (Å²) in [4.78, 5) is 0. The number of thiophene rings is 1. The van der Waals surface area contributed by atoms with Crippen LogP contribution < -0.4 is 0 Å². The Hall–Kier alpha value is -6.94. The minimum Gasteiger partial charge on any atom is -0.309 e. The van der Waals surface area contributed by atoms with Crippen molar-refractivity contribution in [3.05, 3.63) is 182 Å². The third kappa shape index (κ3) is 3.97. The Balaban J connectivity index is 1.07. The standard InChI is InChI=1S/C52H30N2S/c1-2-11-36-35(10-1)40-15-9-16-41-51(40)43(36)30-48-52(41)44-29-31(32-21-27-50-42(28-32)39-14-5-8-19-49(39)55-50)20-26-47(44)54(48)34-24-22-33(23-25-34)53-45-17-6-3-12-37(45)38-13-4-7-18-46(38)53/h1-30H. The highest BCUT2D eigenvalue weighted by Gasteiger charge is 2.26. The van der Waals surface area contributed by atoms with E-state index >= 15 is 0 Å². The Labute approximate surface area is 320 Å². The lowest BCUT2D eigenvalue weighted by Gasteiger charge is -2.12. The molecule has 3 heterocycles. The number of rotatable bonds is 3. The van der Waals surface area contributed by atoms with E-state index in [1.807, 2.05) is 11.3 Å². The lowest BCUT2D eigenvalue weighted by Crippen LogP contribution is -1.97. The smallest absolute Gasteiger partial charge is 0.0553 e. The van der Waals surface area contributed by atoms with E-state index in [4.69, 9.17) is 0 Å². The molecule has 12 aromatic rings. The van der Waals surface area contributed by atoms with Gasteiger partial charge in [0.25, 0.3) is 0 Å². The van der Waals surface area contributed by atoms with Crippen LogP contribution in [0.3, 0.4) is 0 Å². The summed E-state index contributed by atoms with van der Waals surface area (Å²) in [5.41, 5.74) is 14.9. The molecule has 0 atom stereocenters. The van der Waals surface area contributed by atoms with Crippen LogP contribution in [0.1, 0.15) is 0 Å². The van der Waals surface area contributed by atoms with E-state index in [0.717, 1.165) is 11.4 Å². The average Bonchev–Trinajstić information content (AvgIpc) is 3.98. The third-order valence-electron chi connectivity index (χ3n) is 12.1. The first-order valence-corrected chi connectivity index (χ1v) is 19.7. The highest BCUT2D eigenvalue weighted by molar-refractivity contribution is 7.25. The zero-order valence-electron chi connectivity index (χ0n) is 29.6. The molecule has 1 aliphatic carbocycles. The van der Waals surface area contributed by atoms with E-state index in [9.17, 15) is 0 Å². The molecule has 0 saturated carbocycles. The predicted molar refractivity (Wildman–Crippen MR) is 235 cm³/mol. The van der Waals surface area contributed by atoms with Gasteiger partial charge in [-0.05, 0) is 117 Å². The van der Waals surface area contributed by atoms with Crippen LogP contribution in [0.5, 0.6) is 0 Å². The summed E-state index contributed by atoms with van der Waals surface area (Å²) >= 11 is 1.87. The van der Waals surface area contributed by atoms with Crippen LogP contribution in [0.25, 0.3) is 119 Å². The molecule has 0 amide bonds. The van der Waals surface area contributed by atoms with Gasteiger partial charge in [-0.2, -0.15) is 0 Å². The Morgan fingerprint density at radius 2 is 0.818 bits per heavy atom. The number of fused-ring (bicyclic) bond motifs is 13. The van der Waals surface area contributed by atoms with Crippen LogP contribution in [0.2, 0.25) is 0 Å². The largest absolute Gasteiger partial charge is 0.309 e. The molecule has 2 nitrogen and oxygen atoms in total. The minimum absolute atomic E-state index is 1.15. The Morgan fingerprint density at radius 3 is 1.56 bits per heavy atom. The summed E-state index contributed by atoms with van der Waals surface area (Å²) in [5.74, 6) is 0. The maximum atomic E-state index is 2.49. The van der Waals surface area contributed by atoms with E-state index in [0.29, 0.717) is 0 Å². The molecular formula is C52H30N2S. The fourth-order valence-electron chi connectivity index (χ4n) is 9.69. The molecule has 3 aromatic heterocycles. The quantitative estimate of drug-likeness (QED) is 0.172. The SMILES string of the molecule is c1ccc2c(c1)-c1cccc3c1c-2cc1c3c2cc(-c3ccc4sc5ccccc5c4c3)ccc2n1-c1ccc(-n2c3ccccc3c3ccccc32)cc1. The van der Waals surface area contributed by atoms with Crippen LogP contribution in [-0.2, 0) is 0 Å². The fourth-order valence-corrected chi connectivity index (χ4v) is 10.8. The first kappa shape index (κ1) is 29.5. The molecule has 13 rings (SSSR count). The second kappa shape index (κ2) is 10.8. The van der Waals surface area contributed by atoms with Gasteiger partial charge in [-0.15, -0.1) is 11.3 Å². The van der Waals surface area contributed by atoms with Crippen LogP contribution in [0.15, 0.2) is 182 Å². The van der Waals surface area contributed by atoms with Gasteiger partial charge in [0.05, 0.1) is 22.1 Å². The summed E-state index contributed by atoms with van der Waals surface area (Å²) in [6, 6.07) is 67.7. The van der Waals surface area contributed by atoms with E-state index in [1.54, 1.807) is 0 Å². The molecule has 254 valence electrons. The molecule has 9 aromatic carbocycles. The van der Waals surface area contributed by atoms with Crippen LogP contribution >= 0.6 is 11.3 Å². The van der Waals surface area contributed by atoms with Crippen LogP contribution in [-0.4, -0.2) is 9.13 Å². The molecule has 0 radical (unpaired) electrons. The van der Waals surface area contributed by atoms with Crippen molar-refractivity contribution in [1.82, 2.24) is 9.13 Å². The number of benzene rings is 9. The van der Waals surface area contributed by atoms with Crippen molar-refractivity contribution in [2.75, 3.05) is 0 Å². The molecule has 1 aliphatic rings. The summed E-state index contributed by atoms with van der Waals surface area (Å²) in [5, 5.41) is 10.4. The lowest BCUT2D eigenvalue weighted by molar-refractivity contribution is 1.14. The van der Waals surface area contributed by atoms with Gasteiger partial charge in [0, 0.05) is 53.1 Å². The minimum atomic E-state index is 1.15. The maximum Gasteiger partial charge on any atom is 0.0553 e. The fraction of sp³-hybridized carbons (Fsp3) is 0. The van der Waals surface area contributed by atoms with Crippen molar-refractivity contribution < 1.29 is 0 Å². The molecule has 0 bridgehead atoms. The number of aromatic nitrogens is 2. The van der Waals surface area contributed by atoms with Crippen LogP contribution in [0.4, 0.5) is 0 Å². The van der Waals surface area contributed by atoms with E-state index < -0.39 is 0 Å². The Kier molecular flexibility index (Phi) is 5.80. The molecule has 0 spiro atoms. The number of hydrogen-bond donors (Lipinski definition) is 0. The predicted octanol–water partition coefficient (Wildman–Crippen LogP) is 14.7. The second-order valence-electron chi connectivity index (χ2n) is 14.9. The molecular weight excluding hydrogens is 685 g/mol. The highest BCUT2D eigenvalue weighted by Crippen LogP contribution is 2.51. The van der Waals surface area contributed by atoms with Gasteiger partial charge in [0.2, 0.25) is 0 Å². The summed E-state index contributed by atoms with van der Waals surface area (Å²) in [6.45, 7) is 0. The maximum absolute atomic E-state index is 2.49. The van der Waals surface area contributed by atoms with Gasteiger partial charge in [0.15, 0.2) is 0 Å². The number of nitrogens with zero attached hydrogens (tertiary/aromatic N) is 2. The lowest BCUT2D eigenvalue weighted by atomic mass is 9.96. The van der Waals surface area contributed by atoms with E-state index in [2.05, 4.69) is 191 Å². The summed E-state index contributed by atoms with van der Waals surface area (Å²) in [6.07, 6.45) is 0. The van der Waals surface area contributed by atoms with Gasteiger partial charge in [-0.25, -0.2) is 0 Å². The van der Waals surface area contributed by atoms with Crippen LogP contribution in [0, 0.1) is 0 Å². The van der Waals surface area contributed by atoms with Crippen molar-refractivity contribution in [2.45, 2.75) is 0 Å². The number of para-hydroxylation sites is 2. The first-order chi connectivity index (χ1) is 27.3. The summed E-state index contributed by atoms with van der Waals surface area (Å²) < 4.78 is 7.55. The zero-order chi connectivity index (χ0) is 35.8. The zero-order valence-corrected chi connectivity index (χ0v) is 30.4. The van der Waals surface area contributed by atoms with Crippen molar-refractivity contribution in [2.24, 2.45) is 0 Å². The van der Waals surface area contributed by atoms with E-state index in [1.165, 1.54) is 108 Å². The van der Waals surface area contributed by atoms with Gasteiger partial charge in [-0.3, -0.25) is 0 Å². The van der Waals surface area contributed by atoms with Gasteiger partial charge in [-0.1, -0.05) is 109 Å². The van der Waals surface area contributed by atoms with Crippen molar-refractivity contribution in [1.29, 1.82) is 0 Å². The normalized spacial score (nSPS) is 12.4. The molecule has 0 aliphatic heterocycles. The van der Waals surface area contributed by atoms with Gasteiger partial charge >= 0.3 is 0 Å². The average molecular weight is 715 g/mol. The highest BCUT2D eigenvalue weighted by atomic mass is 32.1. The Bertz CT molecular complexity index is 3540. The van der Waals surface area contributed by atoms with Crippen molar-refractivity contribution in [3.63, 3.8) is 0 Å².